The molecule has 2 heterocycles. The van der Waals surface area contributed by atoms with E-state index >= 15 is 0 Å². The van der Waals surface area contributed by atoms with Crippen molar-refractivity contribution in [2.75, 3.05) is 46.9 Å². The molecule has 1 atom stereocenters. The largest absolute Gasteiger partial charge is 0.494 e. The second-order valence-electron chi connectivity index (χ2n) is 6.56. The lowest BCUT2D eigenvalue weighted by Gasteiger charge is -2.37. The Hall–Kier alpha value is -1.52. The summed E-state index contributed by atoms with van der Waals surface area (Å²) in [5.41, 5.74) is 1.09. The van der Waals surface area contributed by atoms with E-state index < -0.39 is 15.8 Å². The first kappa shape index (κ1) is 20.2. The standard InChI is InChI=1S/C18H24FN3O3S2/c1-21-6-8-22(9-7-21)17(14-5-10-26-13-14)12-20-27(23,24)15-3-4-18(25-2)16(19)11-15/h3-5,10-11,13,17,20H,6-9,12H2,1-2H3/t17-/m1/s1. The van der Waals surface area contributed by atoms with E-state index in [-0.39, 0.29) is 23.2 Å². The molecule has 1 aliphatic heterocycles. The number of thiophene rings is 1. The molecule has 1 saturated heterocycles. The van der Waals surface area contributed by atoms with Gasteiger partial charge in [0.25, 0.3) is 0 Å². The van der Waals surface area contributed by atoms with Crippen LogP contribution >= 0.6 is 11.3 Å². The van der Waals surface area contributed by atoms with Crippen molar-refractivity contribution >= 4 is 21.4 Å². The third kappa shape index (κ3) is 4.85. The van der Waals surface area contributed by atoms with Gasteiger partial charge in [-0.05, 0) is 47.6 Å². The number of likely N-dealkylation sites (N-methyl/N-ethyl adjacent to an activating group) is 1. The number of piperazine rings is 1. The number of nitrogens with one attached hydrogen (secondary N) is 1. The van der Waals surface area contributed by atoms with Gasteiger partial charge in [-0.25, -0.2) is 17.5 Å². The number of rotatable bonds is 7. The van der Waals surface area contributed by atoms with Gasteiger partial charge in [0.15, 0.2) is 11.6 Å². The van der Waals surface area contributed by atoms with Crippen LogP contribution < -0.4 is 9.46 Å². The van der Waals surface area contributed by atoms with Crippen LogP contribution in [0.5, 0.6) is 5.75 Å². The number of nitrogens with zero attached hydrogens (tertiary/aromatic N) is 2. The number of hydrogen-bond acceptors (Lipinski definition) is 6. The molecular formula is C18H24FN3O3S2. The molecule has 1 aromatic carbocycles. The molecular weight excluding hydrogens is 389 g/mol. The van der Waals surface area contributed by atoms with E-state index in [9.17, 15) is 12.8 Å². The Bertz CT molecular complexity index is 851. The highest BCUT2D eigenvalue weighted by Gasteiger charge is 2.26. The third-order valence-corrected chi connectivity index (χ3v) is 6.93. The minimum absolute atomic E-state index is 0.0162. The van der Waals surface area contributed by atoms with Gasteiger partial charge < -0.3 is 9.64 Å². The fraction of sp³-hybridized carbons (Fsp3) is 0.444. The molecule has 0 aliphatic carbocycles. The first-order chi connectivity index (χ1) is 12.9. The molecule has 2 aromatic rings. The molecule has 27 heavy (non-hydrogen) atoms. The summed E-state index contributed by atoms with van der Waals surface area (Å²) in [6.45, 7) is 3.86. The third-order valence-electron chi connectivity index (χ3n) is 4.81. The summed E-state index contributed by atoms with van der Waals surface area (Å²) >= 11 is 1.59. The van der Waals surface area contributed by atoms with E-state index in [1.54, 1.807) is 11.3 Å². The Balaban J connectivity index is 1.75. The molecule has 0 unspecified atom stereocenters. The Morgan fingerprint density at radius 3 is 2.59 bits per heavy atom. The predicted molar refractivity (Wildman–Crippen MR) is 104 cm³/mol. The highest BCUT2D eigenvalue weighted by atomic mass is 32.2. The maximum atomic E-state index is 13.9. The predicted octanol–water partition coefficient (Wildman–Crippen LogP) is 2.16. The van der Waals surface area contributed by atoms with Crippen molar-refractivity contribution in [3.63, 3.8) is 0 Å². The summed E-state index contributed by atoms with van der Waals surface area (Å²) in [6.07, 6.45) is 0. The van der Waals surface area contributed by atoms with E-state index in [0.29, 0.717) is 0 Å². The first-order valence-electron chi connectivity index (χ1n) is 8.68. The fourth-order valence-electron chi connectivity index (χ4n) is 3.14. The Labute approximate surface area is 163 Å². The quantitative estimate of drug-likeness (QED) is 0.754. The molecule has 1 fully saturated rings. The molecule has 6 nitrogen and oxygen atoms in total. The topological polar surface area (TPSA) is 61.9 Å². The number of methoxy groups -OCH3 is 1. The Morgan fingerprint density at radius 1 is 1.26 bits per heavy atom. The molecule has 0 bridgehead atoms. The van der Waals surface area contributed by atoms with Gasteiger partial charge in [-0.1, -0.05) is 0 Å². The van der Waals surface area contributed by atoms with Gasteiger partial charge in [0, 0.05) is 38.8 Å². The van der Waals surface area contributed by atoms with Crippen molar-refractivity contribution in [2.45, 2.75) is 10.9 Å². The lowest BCUT2D eigenvalue weighted by Crippen LogP contribution is -2.48. The smallest absolute Gasteiger partial charge is 0.240 e. The molecule has 0 radical (unpaired) electrons. The van der Waals surface area contributed by atoms with Crippen molar-refractivity contribution in [2.24, 2.45) is 0 Å². The average molecular weight is 414 g/mol. The van der Waals surface area contributed by atoms with Crippen LogP contribution in [0.1, 0.15) is 11.6 Å². The normalized spacial score (nSPS) is 17.7. The second kappa shape index (κ2) is 8.66. The molecule has 1 aliphatic rings. The van der Waals surface area contributed by atoms with E-state index in [4.69, 9.17) is 4.74 Å². The van der Waals surface area contributed by atoms with Gasteiger partial charge in [0.05, 0.1) is 12.0 Å². The Kier molecular flexibility index (Phi) is 6.48. The van der Waals surface area contributed by atoms with Gasteiger partial charge in [-0.15, -0.1) is 0 Å². The number of sulfonamides is 1. The van der Waals surface area contributed by atoms with Crippen LogP contribution in [0.25, 0.3) is 0 Å². The van der Waals surface area contributed by atoms with Crippen molar-refractivity contribution in [1.82, 2.24) is 14.5 Å². The van der Waals surface area contributed by atoms with Crippen LogP contribution in [-0.4, -0.2) is 65.1 Å². The monoisotopic (exact) mass is 413 g/mol. The maximum Gasteiger partial charge on any atom is 0.240 e. The second-order valence-corrected chi connectivity index (χ2v) is 9.11. The summed E-state index contributed by atoms with van der Waals surface area (Å²) in [5, 5.41) is 4.04. The SMILES string of the molecule is COc1ccc(S(=O)(=O)NC[C@H](c2ccsc2)N2CCN(C)CC2)cc1F. The summed E-state index contributed by atoms with van der Waals surface area (Å²) in [7, 11) is -0.402. The minimum Gasteiger partial charge on any atom is -0.494 e. The Morgan fingerprint density at radius 2 is 2.00 bits per heavy atom. The van der Waals surface area contributed by atoms with Crippen molar-refractivity contribution in [3.05, 3.63) is 46.4 Å². The first-order valence-corrected chi connectivity index (χ1v) is 11.1. The summed E-state index contributed by atoms with van der Waals surface area (Å²) in [4.78, 5) is 4.44. The fourth-order valence-corrected chi connectivity index (χ4v) is 4.90. The van der Waals surface area contributed by atoms with E-state index in [1.807, 2.05) is 16.8 Å². The number of ether oxygens (including phenoxy) is 1. The summed E-state index contributed by atoms with van der Waals surface area (Å²) in [5.74, 6) is -0.684. The molecule has 9 heteroatoms. The molecule has 1 N–H and O–H groups in total. The molecule has 1 aromatic heterocycles. The van der Waals surface area contributed by atoms with Crippen LogP contribution in [0.2, 0.25) is 0 Å². The van der Waals surface area contributed by atoms with Crippen LogP contribution in [0.4, 0.5) is 4.39 Å². The summed E-state index contributed by atoms with van der Waals surface area (Å²) < 4.78 is 46.7. The molecule has 0 amide bonds. The highest BCUT2D eigenvalue weighted by Crippen LogP contribution is 2.25. The zero-order valence-corrected chi connectivity index (χ0v) is 17.0. The molecule has 0 spiro atoms. The molecule has 0 saturated carbocycles. The highest BCUT2D eigenvalue weighted by molar-refractivity contribution is 7.89. The van der Waals surface area contributed by atoms with Gasteiger partial charge in [-0.2, -0.15) is 11.3 Å². The van der Waals surface area contributed by atoms with E-state index in [2.05, 4.69) is 21.6 Å². The van der Waals surface area contributed by atoms with Crippen LogP contribution in [0, 0.1) is 5.82 Å². The zero-order chi connectivity index (χ0) is 19.4. The minimum atomic E-state index is -3.82. The average Bonchev–Trinajstić information content (AvgIpc) is 3.17. The lowest BCUT2D eigenvalue weighted by molar-refractivity contribution is 0.113. The van der Waals surface area contributed by atoms with Gasteiger partial charge in [-0.3, -0.25) is 4.90 Å². The van der Waals surface area contributed by atoms with E-state index in [1.165, 1.54) is 19.2 Å². The van der Waals surface area contributed by atoms with Gasteiger partial charge in [0.1, 0.15) is 0 Å². The van der Waals surface area contributed by atoms with Crippen LogP contribution in [0.3, 0.4) is 0 Å². The van der Waals surface area contributed by atoms with E-state index in [0.717, 1.165) is 37.8 Å². The van der Waals surface area contributed by atoms with Crippen LogP contribution in [0.15, 0.2) is 39.9 Å². The summed E-state index contributed by atoms with van der Waals surface area (Å²) in [6, 6.07) is 5.62. The van der Waals surface area contributed by atoms with Gasteiger partial charge >= 0.3 is 0 Å². The van der Waals surface area contributed by atoms with Crippen molar-refractivity contribution in [3.8, 4) is 5.75 Å². The lowest BCUT2D eigenvalue weighted by atomic mass is 10.1. The number of benzene rings is 1. The maximum absolute atomic E-state index is 13.9. The molecule has 3 rings (SSSR count). The number of hydrogen-bond donors (Lipinski definition) is 1. The van der Waals surface area contributed by atoms with Crippen LogP contribution in [-0.2, 0) is 10.0 Å². The van der Waals surface area contributed by atoms with Gasteiger partial charge in [0.2, 0.25) is 10.0 Å². The van der Waals surface area contributed by atoms with Crippen molar-refractivity contribution < 1.29 is 17.5 Å². The van der Waals surface area contributed by atoms with Crippen molar-refractivity contribution in [1.29, 1.82) is 0 Å². The number of halogens is 1. The molecule has 148 valence electrons. The zero-order valence-electron chi connectivity index (χ0n) is 15.4.